The zero-order valence-corrected chi connectivity index (χ0v) is 19.3. The molecule has 0 spiro atoms. The maximum absolute atomic E-state index is 12.1. The number of rotatable bonds is 6. The van der Waals surface area contributed by atoms with Crippen LogP contribution in [0.1, 0.15) is 6.92 Å². The van der Waals surface area contributed by atoms with Crippen molar-refractivity contribution in [1.82, 2.24) is 25.3 Å². The molecule has 0 radical (unpaired) electrons. The van der Waals surface area contributed by atoms with Crippen molar-refractivity contribution in [3.05, 3.63) is 64.8 Å². The molecule has 4 aromatic rings. The minimum Gasteiger partial charge on any atom is -0.368 e. The number of hydrogen-bond donors (Lipinski definition) is 2. The number of benzene rings is 2. The van der Waals surface area contributed by atoms with E-state index >= 15 is 0 Å². The molecule has 8 nitrogen and oxygen atoms in total. The molecule has 33 heavy (non-hydrogen) atoms. The van der Waals surface area contributed by atoms with Gasteiger partial charge in [-0.2, -0.15) is 10.2 Å². The van der Waals surface area contributed by atoms with Crippen LogP contribution in [0.4, 0.5) is 5.82 Å². The number of anilines is 1. The number of hydrogen-bond acceptors (Lipinski definition) is 6. The van der Waals surface area contributed by atoms with Crippen molar-refractivity contribution in [2.24, 2.45) is 5.73 Å². The molecular formula is C23H21Cl2N7O. The Morgan fingerprint density at radius 2 is 1.88 bits per heavy atom. The van der Waals surface area contributed by atoms with E-state index in [1.54, 1.807) is 10.9 Å². The van der Waals surface area contributed by atoms with E-state index in [-0.39, 0.29) is 5.91 Å². The third kappa shape index (κ3) is 3.60. The molecule has 3 N–H and O–H groups in total. The lowest BCUT2D eigenvalue weighted by atomic mass is 9.88. The summed E-state index contributed by atoms with van der Waals surface area (Å²) in [5, 5.41) is 18.7. The Morgan fingerprint density at radius 1 is 1.15 bits per heavy atom. The van der Waals surface area contributed by atoms with Gasteiger partial charge in [0.25, 0.3) is 0 Å². The molecule has 1 amide bonds. The lowest BCUT2D eigenvalue weighted by Crippen LogP contribution is -2.75. The second-order valence-corrected chi connectivity index (χ2v) is 8.83. The summed E-state index contributed by atoms with van der Waals surface area (Å²) in [6, 6.07) is 15.0. The largest absolute Gasteiger partial charge is 0.368 e. The van der Waals surface area contributed by atoms with Crippen LogP contribution in [0.25, 0.3) is 27.8 Å². The molecule has 5 rings (SSSR count). The SMILES string of the molecule is CCNC1(C(N)=O)CN(c2nncc3c(-c4ccc(Cl)cc4)n(-c4ccccc4Cl)nc23)C1. The number of amides is 1. The van der Waals surface area contributed by atoms with Gasteiger partial charge in [-0.15, -0.1) is 5.10 Å². The summed E-state index contributed by atoms with van der Waals surface area (Å²) in [5.41, 5.74) is 7.99. The fourth-order valence-corrected chi connectivity index (χ4v) is 4.59. The Bertz CT molecular complexity index is 1350. The van der Waals surface area contributed by atoms with Crippen molar-refractivity contribution in [3.63, 3.8) is 0 Å². The second-order valence-electron chi connectivity index (χ2n) is 7.98. The number of halogens is 2. The van der Waals surface area contributed by atoms with Gasteiger partial charge in [-0.3, -0.25) is 4.79 Å². The molecule has 10 heteroatoms. The minimum absolute atomic E-state index is 0.385. The first-order chi connectivity index (χ1) is 15.9. The molecule has 0 bridgehead atoms. The van der Waals surface area contributed by atoms with Crippen LogP contribution in [-0.2, 0) is 4.79 Å². The maximum atomic E-state index is 12.1. The van der Waals surface area contributed by atoms with Crippen molar-refractivity contribution in [1.29, 1.82) is 0 Å². The highest BCUT2D eigenvalue weighted by Crippen LogP contribution is 2.38. The third-order valence-corrected chi connectivity index (χ3v) is 6.45. The molecule has 0 unspecified atom stereocenters. The highest BCUT2D eigenvalue weighted by Gasteiger charge is 2.48. The molecule has 168 valence electrons. The van der Waals surface area contributed by atoms with Crippen molar-refractivity contribution in [2.45, 2.75) is 12.5 Å². The number of primary amides is 1. The first kappa shape index (κ1) is 21.6. The number of fused-ring (bicyclic) bond motifs is 1. The van der Waals surface area contributed by atoms with E-state index in [0.29, 0.717) is 41.0 Å². The fourth-order valence-electron chi connectivity index (χ4n) is 4.25. The maximum Gasteiger partial charge on any atom is 0.241 e. The summed E-state index contributed by atoms with van der Waals surface area (Å²) in [4.78, 5) is 14.0. The molecule has 0 atom stereocenters. The first-order valence-corrected chi connectivity index (χ1v) is 11.2. The van der Waals surface area contributed by atoms with Crippen LogP contribution in [0.3, 0.4) is 0 Å². The zero-order valence-electron chi connectivity index (χ0n) is 17.8. The van der Waals surface area contributed by atoms with Crippen LogP contribution in [0.15, 0.2) is 54.7 Å². The summed E-state index contributed by atoms with van der Waals surface area (Å²) in [5.74, 6) is 0.201. The van der Waals surface area contributed by atoms with E-state index < -0.39 is 5.54 Å². The highest BCUT2D eigenvalue weighted by atomic mass is 35.5. The van der Waals surface area contributed by atoms with Crippen LogP contribution in [0.2, 0.25) is 10.0 Å². The number of nitrogens with zero attached hydrogens (tertiary/aromatic N) is 5. The van der Waals surface area contributed by atoms with Gasteiger partial charge in [-0.05, 0) is 30.8 Å². The number of aromatic nitrogens is 4. The summed E-state index contributed by atoms with van der Waals surface area (Å²) in [6.45, 7) is 3.35. The highest BCUT2D eigenvalue weighted by molar-refractivity contribution is 6.32. The van der Waals surface area contributed by atoms with Gasteiger partial charge in [-0.1, -0.05) is 54.4 Å². The third-order valence-electron chi connectivity index (χ3n) is 5.88. The monoisotopic (exact) mass is 481 g/mol. The number of likely N-dealkylation sites (N-methyl/N-ethyl adjacent to an activating group) is 1. The fraction of sp³-hybridized carbons (Fsp3) is 0.217. The summed E-state index contributed by atoms with van der Waals surface area (Å²) >= 11 is 12.7. The topological polar surface area (TPSA) is 102 Å². The van der Waals surface area contributed by atoms with Crippen molar-refractivity contribution in [2.75, 3.05) is 24.5 Å². The van der Waals surface area contributed by atoms with Gasteiger partial charge in [0, 0.05) is 23.7 Å². The molecule has 1 aliphatic heterocycles. The van der Waals surface area contributed by atoms with E-state index in [2.05, 4.69) is 15.5 Å². The van der Waals surface area contributed by atoms with Gasteiger partial charge in [-0.25, -0.2) is 4.68 Å². The molecule has 1 saturated heterocycles. The number of para-hydroxylation sites is 1. The van der Waals surface area contributed by atoms with Gasteiger partial charge >= 0.3 is 0 Å². The molecule has 2 aromatic heterocycles. The number of carbonyl (C=O) groups excluding carboxylic acids is 1. The molecule has 0 aliphatic carbocycles. The van der Waals surface area contributed by atoms with Crippen molar-refractivity contribution < 1.29 is 4.79 Å². The standard InChI is InChI=1S/C23H21Cl2N7O/c1-2-27-23(22(26)33)12-31(13-23)21-19-16(11-28-29-21)20(14-7-9-15(24)10-8-14)32(30-19)18-6-4-3-5-17(18)25/h3-11,27H,2,12-13H2,1H3,(H2,26,33). The molecular weight excluding hydrogens is 461 g/mol. The Kier molecular flexibility index (Phi) is 5.44. The summed E-state index contributed by atoms with van der Waals surface area (Å²) < 4.78 is 1.80. The summed E-state index contributed by atoms with van der Waals surface area (Å²) in [6.07, 6.45) is 1.69. The Balaban J connectivity index is 1.68. The minimum atomic E-state index is -0.789. The van der Waals surface area contributed by atoms with Gasteiger partial charge < -0.3 is 16.0 Å². The molecule has 2 aromatic carbocycles. The van der Waals surface area contributed by atoms with E-state index in [1.165, 1.54) is 0 Å². The summed E-state index contributed by atoms with van der Waals surface area (Å²) in [7, 11) is 0. The number of nitrogens with one attached hydrogen (secondary N) is 1. The first-order valence-electron chi connectivity index (χ1n) is 10.5. The smallest absolute Gasteiger partial charge is 0.241 e. The van der Waals surface area contributed by atoms with E-state index in [4.69, 9.17) is 34.0 Å². The molecule has 1 aliphatic rings. The Hall–Kier alpha value is -3.20. The van der Waals surface area contributed by atoms with Crippen LogP contribution >= 0.6 is 23.2 Å². The van der Waals surface area contributed by atoms with Crippen LogP contribution < -0.4 is 16.0 Å². The van der Waals surface area contributed by atoms with E-state index in [0.717, 1.165) is 22.3 Å². The van der Waals surface area contributed by atoms with E-state index in [1.807, 2.05) is 60.4 Å². The van der Waals surface area contributed by atoms with Crippen LogP contribution in [-0.4, -0.2) is 51.1 Å². The quantitative estimate of drug-likeness (QED) is 0.437. The van der Waals surface area contributed by atoms with Crippen LogP contribution in [0.5, 0.6) is 0 Å². The Morgan fingerprint density at radius 3 is 2.55 bits per heavy atom. The molecule has 3 heterocycles. The average Bonchev–Trinajstić information content (AvgIpc) is 3.16. The predicted octanol–water partition coefficient (Wildman–Crippen LogP) is 3.44. The lowest BCUT2D eigenvalue weighted by molar-refractivity contribution is -0.125. The van der Waals surface area contributed by atoms with Gasteiger partial charge in [0.1, 0.15) is 11.1 Å². The Labute approximate surface area is 200 Å². The molecule has 1 fully saturated rings. The van der Waals surface area contributed by atoms with Crippen LogP contribution in [0, 0.1) is 0 Å². The van der Waals surface area contributed by atoms with Crippen molar-refractivity contribution >= 4 is 45.8 Å². The second kappa shape index (κ2) is 8.30. The normalized spacial score (nSPS) is 14.9. The predicted molar refractivity (Wildman–Crippen MR) is 130 cm³/mol. The van der Waals surface area contributed by atoms with Gasteiger partial charge in [0.05, 0.1) is 28.0 Å². The van der Waals surface area contributed by atoms with Crippen molar-refractivity contribution in [3.8, 4) is 16.9 Å². The molecule has 0 saturated carbocycles. The number of nitrogens with two attached hydrogens (primary N) is 1. The lowest BCUT2D eigenvalue weighted by Gasteiger charge is -2.48. The van der Waals surface area contributed by atoms with Gasteiger partial charge in [0.15, 0.2) is 5.82 Å². The van der Waals surface area contributed by atoms with E-state index in [9.17, 15) is 4.79 Å². The average molecular weight is 482 g/mol. The zero-order chi connectivity index (χ0) is 23.2. The number of carbonyl (C=O) groups is 1. The van der Waals surface area contributed by atoms with Gasteiger partial charge in [0.2, 0.25) is 5.91 Å².